The predicted molar refractivity (Wildman–Crippen MR) is 133 cm³/mol. The number of rotatable bonds is 2. The largest absolute Gasteiger partial charge is 0.292 e. The molecule has 0 aromatic heterocycles. The minimum absolute atomic E-state index is 0.144. The standard InChI is InChI=1S/C21H12BrClO2.C4H4BrNO2/c22-21(14-9-11-15(23)12-10-14)19(24)17-8-4-7-16(18(17)20(21)25)13-5-2-1-3-6-13;5-6-3(7)1-2-4(6)8/h1-12H;1-2H2. The first-order valence-corrected chi connectivity index (χ1v) is 11.9. The average Bonchev–Trinajstić information content (AvgIpc) is 3.24. The van der Waals surface area contributed by atoms with Gasteiger partial charge in [-0.25, -0.2) is 3.93 Å². The molecule has 1 atom stereocenters. The smallest absolute Gasteiger partial charge is 0.239 e. The Balaban J connectivity index is 0.000000275. The SMILES string of the molecule is O=C1CCC(=O)N1Br.O=C1c2cccc(-c3ccccc3)c2C(=O)C1(Br)c1ccc(Cl)cc1. The van der Waals surface area contributed by atoms with Gasteiger partial charge in [-0.2, -0.15) is 0 Å². The summed E-state index contributed by atoms with van der Waals surface area (Å²) >= 11 is 12.2. The van der Waals surface area contributed by atoms with Gasteiger partial charge in [-0.05, 0) is 28.8 Å². The molecule has 1 saturated heterocycles. The van der Waals surface area contributed by atoms with Crippen molar-refractivity contribution in [3.05, 3.63) is 94.5 Å². The second-order valence-corrected chi connectivity index (χ2v) is 9.82. The summed E-state index contributed by atoms with van der Waals surface area (Å²) in [6, 6.07) is 21.8. The lowest BCUT2D eigenvalue weighted by Gasteiger charge is -2.19. The first kappa shape index (κ1) is 23.5. The van der Waals surface area contributed by atoms with Gasteiger partial charge in [-0.3, -0.25) is 19.2 Å². The quantitative estimate of drug-likeness (QED) is 0.156. The maximum absolute atomic E-state index is 13.3. The van der Waals surface area contributed by atoms with Gasteiger partial charge in [0.15, 0.2) is 15.9 Å². The fourth-order valence-corrected chi connectivity index (χ4v) is 4.95. The Hall–Kier alpha value is -2.61. The van der Waals surface area contributed by atoms with Crippen LogP contribution in [0.3, 0.4) is 0 Å². The molecule has 3 aromatic rings. The van der Waals surface area contributed by atoms with Crippen molar-refractivity contribution in [3.8, 4) is 11.1 Å². The molecule has 2 aliphatic rings. The summed E-state index contributed by atoms with van der Waals surface area (Å²) in [6.45, 7) is 0. The first-order valence-electron chi connectivity index (χ1n) is 9.99. The molecule has 5 rings (SSSR count). The van der Waals surface area contributed by atoms with Crippen LogP contribution in [0.1, 0.15) is 39.1 Å². The number of amides is 2. The third kappa shape index (κ3) is 4.21. The highest BCUT2D eigenvalue weighted by molar-refractivity contribution is 9.10. The number of imide groups is 1. The highest BCUT2D eigenvalue weighted by Gasteiger charge is 2.53. The van der Waals surface area contributed by atoms with E-state index in [1.54, 1.807) is 30.3 Å². The third-order valence-electron chi connectivity index (χ3n) is 5.48. The summed E-state index contributed by atoms with van der Waals surface area (Å²) in [5, 5.41) is 0.556. The summed E-state index contributed by atoms with van der Waals surface area (Å²) in [7, 11) is 0. The molecule has 0 N–H and O–H groups in total. The highest BCUT2D eigenvalue weighted by Crippen LogP contribution is 2.47. The van der Waals surface area contributed by atoms with Crippen molar-refractivity contribution in [2.45, 2.75) is 17.2 Å². The van der Waals surface area contributed by atoms with Gasteiger partial charge >= 0.3 is 0 Å². The lowest BCUT2D eigenvalue weighted by molar-refractivity contribution is -0.131. The van der Waals surface area contributed by atoms with Crippen molar-refractivity contribution in [2.24, 2.45) is 0 Å². The fraction of sp³-hybridized carbons (Fsp3) is 0.120. The van der Waals surface area contributed by atoms with E-state index >= 15 is 0 Å². The van der Waals surface area contributed by atoms with E-state index in [1.165, 1.54) is 0 Å². The van der Waals surface area contributed by atoms with Crippen LogP contribution in [0.2, 0.25) is 5.02 Å². The van der Waals surface area contributed by atoms with E-state index in [9.17, 15) is 19.2 Å². The Morgan fingerprint density at radius 2 is 1.30 bits per heavy atom. The number of halogens is 3. The molecule has 3 aromatic carbocycles. The van der Waals surface area contributed by atoms with Crippen LogP contribution >= 0.6 is 43.7 Å². The minimum atomic E-state index is -1.40. The maximum atomic E-state index is 13.3. The molecule has 2 amide bonds. The summed E-state index contributed by atoms with van der Waals surface area (Å²) in [5.41, 5.74) is 3.17. The van der Waals surface area contributed by atoms with Crippen molar-refractivity contribution in [1.82, 2.24) is 3.93 Å². The number of hydrogen-bond donors (Lipinski definition) is 0. The van der Waals surface area contributed by atoms with E-state index in [4.69, 9.17) is 11.6 Å². The Labute approximate surface area is 212 Å². The number of hydrogen-bond acceptors (Lipinski definition) is 4. The number of Topliss-reactive ketones (excluding diaryl/α,β-unsaturated/α-hetero) is 2. The molecule has 1 aliphatic heterocycles. The number of alkyl halides is 1. The van der Waals surface area contributed by atoms with Gasteiger partial charge < -0.3 is 0 Å². The van der Waals surface area contributed by atoms with Crippen LogP contribution < -0.4 is 0 Å². The van der Waals surface area contributed by atoms with E-state index in [-0.39, 0.29) is 23.4 Å². The van der Waals surface area contributed by atoms with Gasteiger partial charge in [0.1, 0.15) is 0 Å². The summed E-state index contributed by atoms with van der Waals surface area (Å²) in [5.74, 6) is -0.771. The molecule has 8 heteroatoms. The summed E-state index contributed by atoms with van der Waals surface area (Å²) in [6.07, 6.45) is 0.703. The maximum Gasteiger partial charge on any atom is 0.239 e. The average molecular weight is 590 g/mol. The van der Waals surface area contributed by atoms with E-state index in [0.29, 0.717) is 34.6 Å². The molecule has 0 saturated carbocycles. The van der Waals surface area contributed by atoms with Crippen LogP contribution in [0.5, 0.6) is 0 Å². The molecule has 166 valence electrons. The molecule has 33 heavy (non-hydrogen) atoms. The van der Waals surface area contributed by atoms with Crippen LogP contribution in [0.15, 0.2) is 72.8 Å². The zero-order valence-corrected chi connectivity index (χ0v) is 21.0. The number of fused-ring (bicyclic) bond motifs is 1. The zero-order valence-electron chi connectivity index (χ0n) is 17.1. The minimum Gasteiger partial charge on any atom is -0.292 e. The molecule has 0 spiro atoms. The van der Waals surface area contributed by atoms with E-state index in [0.717, 1.165) is 15.1 Å². The normalized spacial score (nSPS) is 19.4. The molecule has 1 heterocycles. The van der Waals surface area contributed by atoms with Crippen LogP contribution in [0, 0.1) is 0 Å². The van der Waals surface area contributed by atoms with E-state index in [1.807, 2.05) is 42.5 Å². The molecular weight excluding hydrogens is 574 g/mol. The van der Waals surface area contributed by atoms with Crippen LogP contribution in [0.4, 0.5) is 0 Å². The van der Waals surface area contributed by atoms with Crippen molar-refractivity contribution in [2.75, 3.05) is 0 Å². The molecule has 1 fully saturated rings. The molecule has 1 unspecified atom stereocenters. The fourth-order valence-electron chi connectivity index (χ4n) is 3.80. The number of nitrogens with zero attached hydrogens (tertiary/aromatic N) is 1. The molecule has 0 radical (unpaired) electrons. The molecule has 1 aliphatic carbocycles. The number of carbonyl (C=O) groups is 4. The van der Waals surface area contributed by atoms with Gasteiger partial charge in [0.05, 0.1) is 16.1 Å². The Bertz CT molecular complexity index is 1260. The Morgan fingerprint density at radius 3 is 1.85 bits per heavy atom. The topological polar surface area (TPSA) is 71.5 Å². The van der Waals surface area contributed by atoms with Gasteiger partial charge in [-0.15, -0.1) is 0 Å². The summed E-state index contributed by atoms with van der Waals surface area (Å²) in [4.78, 5) is 47.3. The summed E-state index contributed by atoms with van der Waals surface area (Å²) < 4.78 is -0.419. The highest BCUT2D eigenvalue weighted by atomic mass is 79.9. The van der Waals surface area contributed by atoms with Crippen molar-refractivity contribution < 1.29 is 19.2 Å². The van der Waals surface area contributed by atoms with E-state index in [2.05, 4.69) is 32.1 Å². The molecule has 0 bridgehead atoms. The lowest BCUT2D eigenvalue weighted by atomic mass is 9.92. The van der Waals surface area contributed by atoms with E-state index < -0.39 is 4.32 Å². The Morgan fingerprint density at radius 1 is 0.727 bits per heavy atom. The monoisotopic (exact) mass is 587 g/mol. The second-order valence-electron chi connectivity index (χ2n) is 7.49. The molecular formula is C25H16Br2ClNO4. The number of carbonyl (C=O) groups excluding carboxylic acids is 4. The lowest BCUT2D eigenvalue weighted by Crippen LogP contribution is -2.31. The first-order chi connectivity index (χ1) is 15.7. The van der Waals surface area contributed by atoms with Crippen LogP contribution in [-0.2, 0) is 13.9 Å². The number of ketones is 2. The predicted octanol–water partition coefficient (Wildman–Crippen LogP) is 6.12. The van der Waals surface area contributed by atoms with Gasteiger partial charge in [-0.1, -0.05) is 88.2 Å². The van der Waals surface area contributed by atoms with Gasteiger partial charge in [0.2, 0.25) is 11.8 Å². The van der Waals surface area contributed by atoms with Crippen molar-refractivity contribution in [1.29, 1.82) is 0 Å². The van der Waals surface area contributed by atoms with Gasteiger partial charge in [0, 0.05) is 29.0 Å². The molecule has 5 nitrogen and oxygen atoms in total. The van der Waals surface area contributed by atoms with Crippen LogP contribution in [0.25, 0.3) is 11.1 Å². The number of benzene rings is 3. The van der Waals surface area contributed by atoms with Crippen LogP contribution in [-0.4, -0.2) is 27.3 Å². The van der Waals surface area contributed by atoms with Gasteiger partial charge in [0.25, 0.3) is 0 Å². The zero-order chi connectivity index (χ0) is 23.8. The van der Waals surface area contributed by atoms with Crippen molar-refractivity contribution in [3.63, 3.8) is 0 Å². The second kappa shape index (κ2) is 9.33. The van der Waals surface area contributed by atoms with Crippen molar-refractivity contribution >= 4 is 67.1 Å². The Kier molecular flexibility index (Phi) is 6.66. The third-order valence-corrected chi connectivity index (χ3v) is 7.70.